The van der Waals surface area contributed by atoms with Gasteiger partial charge in [0.15, 0.2) is 0 Å². The molecule has 0 N–H and O–H groups in total. The summed E-state index contributed by atoms with van der Waals surface area (Å²) in [6.45, 7) is 8.23. The van der Waals surface area contributed by atoms with Gasteiger partial charge in [-0.25, -0.2) is 9.97 Å². The number of aryl methyl sites for hydroxylation is 2. The smallest absolute Gasteiger partial charge is 0.138 e. The molecule has 0 aliphatic carbocycles. The monoisotopic (exact) mass is 316 g/mol. The van der Waals surface area contributed by atoms with Gasteiger partial charge in [-0.15, -0.1) is 0 Å². The van der Waals surface area contributed by atoms with Gasteiger partial charge >= 0.3 is 0 Å². The predicted molar refractivity (Wildman–Crippen MR) is 95.1 cm³/mol. The van der Waals surface area contributed by atoms with Gasteiger partial charge in [0.25, 0.3) is 0 Å². The molecule has 3 heterocycles. The molecule has 24 heavy (non-hydrogen) atoms. The Morgan fingerprint density at radius 3 is 2.54 bits per heavy atom. The molecule has 0 saturated carbocycles. The zero-order valence-electron chi connectivity index (χ0n) is 14.4. The van der Waals surface area contributed by atoms with E-state index >= 15 is 0 Å². The maximum atomic E-state index is 4.68. The number of aromatic nitrogens is 4. The van der Waals surface area contributed by atoms with Crippen molar-refractivity contribution in [1.29, 1.82) is 0 Å². The molecule has 3 rings (SSSR count). The fraction of sp³-hybridized carbons (Fsp3) is 0.250. The Kier molecular flexibility index (Phi) is 4.43. The molecule has 0 aliphatic rings. The lowest BCUT2D eigenvalue weighted by Crippen LogP contribution is -2.03. The molecule has 4 nitrogen and oxygen atoms in total. The van der Waals surface area contributed by atoms with Gasteiger partial charge in [-0.1, -0.05) is 25.8 Å². The van der Waals surface area contributed by atoms with Crippen LogP contribution in [0.3, 0.4) is 0 Å². The molecular weight excluding hydrogens is 296 g/mol. The van der Waals surface area contributed by atoms with E-state index in [1.807, 2.05) is 49.0 Å². The van der Waals surface area contributed by atoms with Crippen LogP contribution in [0.15, 0.2) is 42.9 Å². The summed E-state index contributed by atoms with van der Waals surface area (Å²) in [5.74, 6) is 8.41. The lowest BCUT2D eigenvalue weighted by molar-refractivity contribution is 0.743. The first-order chi connectivity index (χ1) is 11.5. The third kappa shape index (κ3) is 3.52. The van der Waals surface area contributed by atoms with Crippen molar-refractivity contribution in [1.82, 2.24) is 19.5 Å². The van der Waals surface area contributed by atoms with E-state index in [9.17, 15) is 0 Å². The molecule has 3 aromatic heterocycles. The highest BCUT2D eigenvalue weighted by Crippen LogP contribution is 2.18. The second-order valence-electron chi connectivity index (χ2n) is 6.14. The first kappa shape index (κ1) is 15.9. The minimum atomic E-state index is 0.284. The summed E-state index contributed by atoms with van der Waals surface area (Å²) in [7, 11) is 0. The topological polar surface area (TPSA) is 43.6 Å². The molecule has 0 spiro atoms. The average Bonchev–Trinajstić information content (AvgIpc) is 2.98. The van der Waals surface area contributed by atoms with Gasteiger partial charge in [0.05, 0.1) is 0 Å². The minimum Gasteiger partial charge on any atom is -0.286 e. The van der Waals surface area contributed by atoms with E-state index in [2.05, 4.69) is 46.7 Å². The van der Waals surface area contributed by atoms with Crippen LogP contribution in [0.1, 0.15) is 48.1 Å². The SMILES string of the molecule is Cc1ccc(-n2cc(C#Cc3ccnc(C)c3)nc2C(C)C)nc1. The molecule has 0 aliphatic heterocycles. The van der Waals surface area contributed by atoms with Gasteiger partial charge < -0.3 is 0 Å². The lowest BCUT2D eigenvalue weighted by Gasteiger charge is -2.08. The predicted octanol–water partition coefficient (Wildman–Crippen LogP) is 3.80. The number of pyridine rings is 2. The second-order valence-corrected chi connectivity index (χ2v) is 6.14. The van der Waals surface area contributed by atoms with Crippen molar-refractivity contribution in [2.75, 3.05) is 0 Å². The largest absolute Gasteiger partial charge is 0.286 e. The Bertz CT molecular complexity index is 909. The average molecular weight is 316 g/mol. The highest BCUT2D eigenvalue weighted by atomic mass is 15.1. The Morgan fingerprint density at radius 1 is 1.04 bits per heavy atom. The Balaban J connectivity index is 1.99. The molecule has 0 fully saturated rings. The number of rotatable bonds is 2. The third-order valence-corrected chi connectivity index (χ3v) is 3.62. The highest BCUT2D eigenvalue weighted by Gasteiger charge is 2.12. The van der Waals surface area contributed by atoms with Crippen LogP contribution in [-0.2, 0) is 0 Å². The quantitative estimate of drug-likeness (QED) is 0.675. The van der Waals surface area contributed by atoms with Gasteiger partial charge in [0.1, 0.15) is 17.3 Å². The highest BCUT2D eigenvalue weighted by molar-refractivity contribution is 5.41. The van der Waals surface area contributed by atoms with Crippen molar-refractivity contribution in [2.45, 2.75) is 33.6 Å². The van der Waals surface area contributed by atoms with E-state index < -0.39 is 0 Å². The molecule has 0 radical (unpaired) electrons. The summed E-state index contributed by atoms with van der Waals surface area (Å²) in [5, 5.41) is 0. The normalized spacial score (nSPS) is 10.5. The summed E-state index contributed by atoms with van der Waals surface area (Å²) < 4.78 is 2.02. The first-order valence-corrected chi connectivity index (χ1v) is 8.00. The standard InChI is InChI=1S/C20H20N4/c1-14(2)20-23-18(7-6-17-9-10-21-16(4)11-17)13-24(20)19-8-5-15(3)12-22-19/h5,8-14H,1-4H3. The molecule has 0 saturated heterocycles. The van der Waals surface area contributed by atoms with Crippen LogP contribution in [0.5, 0.6) is 0 Å². The fourth-order valence-corrected chi connectivity index (χ4v) is 2.41. The number of hydrogen-bond donors (Lipinski definition) is 0. The van der Waals surface area contributed by atoms with Crippen LogP contribution in [0, 0.1) is 25.7 Å². The zero-order chi connectivity index (χ0) is 17.1. The van der Waals surface area contributed by atoms with Crippen molar-refractivity contribution in [3.8, 4) is 17.7 Å². The summed E-state index contributed by atoms with van der Waals surface area (Å²) >= 11 is 0. The first-order valence-electron chi connectivity index (χ1n) is 8.00. The van der Waals surface area contributed by atoms with E-state index in [0.717, 1.165) is 34.2 Å². The minimum absolute atomic E-state index is 0.284. The van der Waals surface area contributed by atoms with E-state index in [0.29, 0.717) is 0 Å². The second kappa shape index (κ2) is 6.67. The Labute approximate surface area is 142 Å². The van der Waals surface area contributed by atoms with Crippen LogP contribution >= 0.6 is 0 Å². The van der Waals surface area contributed by atoms with Gasteiger partial charge in [0, 0.05) is 35.8 Å². The molecule has 0 bridgehead atoms. The summed E-state index contributed by atoms with van der Waals surface area (Å²) in [4.78, 5) is 13.4. The lowest BCUT2D eigenvalue weighted by atomic mass is 10.2. The van der Waals surface area contributed by atoms with Gasteiger partial charge in [-0.05, 0) is 43.5 Å². The van der Waals surface area contributed by atoms with Crippen molar-refractivity contribution in [3.05, 3.63) is 71.2 Å². The summed E-state index contributed by atoms with van der Waals surface area (Å²) in [6, 6.07) is 7.93. The molecule has 0 aromatic carbocycles. The van der Waals surface area contributed by atoms with Crippen molar-refractivity contribution in [2.24, 2.45) is 0 Å². The molecule has 0 amide bonds. The van der Waals surface area contributed by atoms with Crippen LogP contribution in [0.2, 0.25) is 0 Å². The molecule has 4 heteroatoms. The van der Waals surface area contributed by atoms with Crippen molar-refractivity contribution >= 4 is 0 Å². The number of nitrogens with zero attached hydrogens (tertiary/aromatic N) is 4. The number of imidazole rings is 1. The maximum absolute atomic E-state index is 4.68. The third-order valence-electron chi connectivity index (χ3n) is 3.62. The summed E-state index contributed by atoms with van der Waals surface area (Å²) in [5.41, 5.74) is 3.78. The maximum Gasteiger partial charge on any atom is 0.138 e. The molecular formula is C20H20N4. The van der Waals surface area contributed by atoms with E-state index in [4.69, 9.17) is 0 Å². The van der Waals surface area contributed by atoms with Crippen LogP contribution in [0.25, 0.3) is 5.82 Å². The summed E-state index contributed by atoms with van der Waals surface area (Å²) in [6.07, 6.45) is 5.59. The van der Waals surface area contributed by atoms with Crippen molar-refractivity contribution in [3.63, 3.8) is 0 Å². The molecule has 0 atom stereocenters. The fourth-order valence-electron chi connectivity index (χ4n) is 2.41. The zero-order valence-corrected chi connectivity index (χ0v) is 14.4. The number of hydrogen-bond acceptors (Lipinski definition) is 3. The molecule has 120 valence electrons. The van der Waals surface area contributed by atoms with Gasteiger partial charge in [-0.3, -0.25) is 9.55 Å². The van der Waals surface area contributed by atoms with Gasteiger partial charge in [0.2, 0.25) is 0 Å². The Morgan fingerprint density at radius 2 is 1.88 bits per heavy atom. The van der Waals surface area contributed by atoms with E-state index in [1.54, 1.807) is 6.20 Å². The van der Waals surface area contributed by atoms with E-state index in [1.165, 1.54) is 0 Å². The van der Waals surface area contributed by atoms with Crippen LogP contribution in [0.4, 0.5) is 0 Å². The Hall–Kier alpha value is -2.93. The van der Waals surface area contributed by atoms with Crippen LogP contribution < -0.4 is 0 Å². The van der Waals surface area contributed by atoms with E-state index in [-0.39, 0.29) is 5.92 Å². The van der Waals surface area contributed by atoms with Crippen molar-refractivity contribution < 1.29 is 0 Å². The van der Waals surface area contributed by atoms with Gasteiger partial charge in [-0.2, -0.15) is 0 Å². The molecule has 3 aromatic rings. The molecule has 0 unspecified atom stereocenters. The van der Waals surface area contributed by atoms with Crippen LogP contribution in [-0.4, -0.2) is 19.5 Å².